The van der Waals surface area contributed by atoms with Crippen LogP contribution in [0.5, 0.6) is 0 Å². The largest absolute Gasteiger partial charge is 0.469 e. The molecule has 0 radical (unpaired) electrons. The van der Waals surface area contributed by atoms with E-state index in [2.05, 4.69) is 10.5 Å². The summed E-state index contributed by atoms with van der Waals surface area (Å²) < 4.78 is 25.7. The molecule has 0 aliphatic carbocycles. The summed E-state index contributed by atoms with van der Waals surface area (Å²) in [5.41, 5.74) is 3.58. The van der Waals surface area contributed by atoms with Gasteiger partial charge >= 0.3 is 5.97 Å². The summed E-state index contributed by atoms with van der Waals surface area (Å²) in [6.45, 7) is 0. The van der Waals surface area contributed by atoms with Crippen LogP contribution in [-0.2, 0) is 19.4 Å². The van der Waals surface area contributed by atoms with E-state index >= 15 is 0 Å². The van der Waals surface area contributed by atoms with Crippen LogP contribution < -0.4 is 5.73 Å². The fourth-order valence-electron chi connectivity index (χ4n) is 0.619. The third kappa shape index (κ3) is 7.48. The van der Waals surface area contributed by atoms with E-state index in [1.807, 2.05) is 0 Å². The fourth-order valence-corrected chi connectivity index (χ4v) is 1.13. The SMILES string of the molecule is COC(=O)C[C@H]([NH3+])/C=C/S(C)(=O)=O. The second kappa shape index (κ2) is 4.98. The molecule has 6 heteroatoms. The van der Waals surface area contributed by atoms with Crippen molar-refractivity contribution in [2.24, 2.45) is 0 Å². The Morgan fingerprint density at radius 2 is 2.15 bits per heavy atom. The number of esters is 1. The molecule has 0 rings (SSSR count). The number of sulfone groups is 1. The average molecular weight is 208 g/mol. The molecule has 5 nitrogen and oxygen atoms in total. The smallest absolute Gasteiger partial charge is 0.311 e. The summed E-state index contributed by atoms with van der Waals surface area (Å²) in [7, 11) is -1.86. The predicted molar refractivity (Wildman–Crippen MR) is 47.3 cm³/mol. The van der Waals surface area contributed by atoms with Crippen LogP contribution in [0.25, 0.3) is 0 Å². The van der Waals surface area contributed by atoms with E-state index < -0.39 is 15.8 Å². The van der Waals surface area contributed by atoms with Gasteiger partial charge in [0.1, 0.15) is 12.5 Å². The first-order valence-electron chi connectivity index (χ1n) is 3.63. The Morgan fingerprint density at radius 1 is 1.62 bits per heavy atom. The zero-order chi connectivity index (χ0) is 10.5. The first-order chi connectivity index (χ1) is 5.85. The molecular formula is C7H14NO4S+. The Hall–Kier alpha value is -0.880. The van der Waals surface area contributed by atoms with Crippen LogP contribution in [0.3, 0.4) is 0 Å². The Bertz CT molecular complexity index is 294. The van der Waals surface area contributed by atoms with Gasteiger partial charge in [0.25, 0.3) is 0 Å². The van der Waals surface area contributed by atoms with Crippen molar-refractivity contribution in [2.45, 2.75) is 12.5 Å². The average Bonchev–Trinajstić information content (AvgIpc) is 1.99. The highest BCUT2D eigenvalue weighted by molar-refractivity contribution is 7.93. The molecule has 0 aromatic rings. The Kier molecular flexibility index (Phi) is 4.64. The summed E-state index contributed by atoms with van der Waals surface area (Å²) in [4.78, 5) is 10.7. The monoisotopic (exact) mass is 208 g/mol. The Balaban J connectivity index is 4.09. The first-order valence-corrected chi connectivity index (χ1v) is 5.59. The van der Waals surface area contributed by atoms with Crippen molar-refractivity contribution in [3.63, 3.8) is 0 Å². The van der Waals surface area contributed by atoms with Gasteiger partial charge in [-0.15, -0.1) is 0 Å². The lowest BCUT2D eigenvalue weighted by molar-refractivity contribution is -0.402. The van der Waals surface area contributed by atoms with Crippen molar-refractivity contribution in [3.8, 4) is 0 Å². The number of carbonyl (C=O) groups excluding carboxylic acids is 1. The van der Waals surface area contributed by atoms with Crippen LogP contribution in [0.1, 0.15) is 6.42 Å². The second-order valence-electron chi connectivity index (χ2n) is 2.70. The van der Waals surface area contributed by atoms with Crippen LogP contribution in [-0.4, -0.2) is 33.8 Å². The normalized spacial score (nSPS) is 14.4. The molecule has 0 fully saturated rings. The van der Waals surface area contributed by atoms with Crippen LogP contribution in [0.15, 0.2) is 11.5 Å². The van der Waals surface area contributed by atoms with Crippen molar-refractivity contribution in [1.29, 1.82) is 0 Å². The van der Waals surface area contributed by atoms with Gasteiger partial charge in [-0.25, -0.2) is 8.42 Å². The molecule has 3 N–H and O–H groups in total. The minimum absolute atomic E-state index is 0.0858. The maximum Gasteiger partial charge on any atom is 0.311 e. The van der Waals surface area contributed by atoms with Gasteiger partial charge in [0.2, 0.25) is 0 Å². The lowest BCUT2D eigenvalue weighted by Gasteiger charge is -2.00. The van der Waals surface area contributed by atoms with E-state index in [4.69, 9.17) is 0 Å². The standard InChI is InChI=1S/C7H13NO4S/c1-12-7(9)5-6(8)3-4-13(2,10)11/h3-4,6H,5,8H2,1-2H3/p+1/b4-3+/t6-/m1/s1. The van der Waals surface area contributed by atoms with E-state index in [1.54, 1.807) is 0 Å². The highest BCUT2D eigenvalue weighted by Crippen LogP contribution is 1.93. The molecule has 76 valence electrons. The molecule has 0 heterocycles. The maximum atomic E-state index is 10.7. The summed E-state index contributed by atoms with van der Waals surface area (Å²) in [5, 5.41) is 1.04. The van der Waals surface area contributed by atoms with Crippen molar-refractivity contribution in [1.82, 2.24) is 0 Å². The first kappa shape index (κ1) is 12.1. The highest BCUT2D eigenvalue weighted by atomic mass is 32.2. The molecule has 0 saturated carbocycles. The van der Waals surface area contributed by atoms with E-state index in [1.165, 1.54) is 13.2 Å². The molecule has 13 heavy (non-hydrogen) atoms. The fraction of sp³-hybridized carbons (Fsp3) is 0.571. The summed E-state index contributed by atoms with van der Waals surface area (Å²) in [6.07, 6.45) is 2.53. The molecule has 0 amide bonds. The van der Waals surface area contributed by atoms with Crippen LogP contribution in [0.4, 0.5) is 0 Å². The van der Waals surface area contributed by atoms with Gasteiger partial charge in [-0.3, -0.25) is 4.79 Å². The van der Waals surface area contributed by atoms with Crippen molar-refractivity contribution in [2.75, 3.05) is 13.4 Å². The van der Waals surface area contributed by atoms with Crippen molar-refractivity contribution < 1.29 is 23.7 Å². The quantitative estimate of drug-likeness (QED) is 0.583. The summed E-state index contributed by atoms with van der Waals surface area (Å²) >= 11 is 0. The summed E-state index contributed by atoms with van der Waals surface area (Å²) in [6, 6.07) is -0.373. The number of ether oxygens (including phenoxy) is 1. The number of carbonyl (C=O) groups is 1. The molecule has 0 saturated heterocycles. The van der Waals surface area contributed by atoms with E-state index in [9.17, 15) is 13.2 Å². The number of quaternary nitrogens is 1. The lowest BCUT2D eigenvalue weighted by Crippen LogP contribution is -2.60. The zero-order valence-electron chi connectivity index (χ0n) is 7.69. The number of hydrogen-bond acceptors (Lipinski definition) is 4. The van der Waals surface area contributed by atoms with Gasteiger partial charge in [-0.1, -0.05) is 0 Å². The van der Waals surface area contributed by atoms with Gasteiger partial charge < -0.3 is 10.5 Å². The van der Waals surface area contributed by atoms with Crippen LogP contribution in [0, 0.1) is 0 Å². The molecule has 0 aliphatic heterocycles. The Morgan fingerprint density at radius 3 is 2.54 bits per heavy atom. The van der Waals surface area contributed by atoms with E-state index in [0.717, 1.165) is 11.7 Å². The van der Waals surface area contributed by atoms with Gasteiger partial charge in [-0.05, 0) is 6.08 Å². The predicted octanol–water partition coefficient (Wildman–Crippen LogP) is -1.28. The van der Waals surface area contributed by atoms with Crippen molar-refractivity contribution in [3.05, 3.63) is 11.5 Å². The Labute approximate surface area is 77.5 Å². The minimum atomic E-state index is -3.13. The molecule has 1 atom stereocenters. The second-order valence-corrected chi connectivity index (χ2v) is 4.63. The zero-order valence-corrected chi connectivity index (χ0v) is 8.50. The van der Waals surface area contributed by atoms with Gasteiger partial charge in [0.05, 0.1) is 7.11 Å². The van der Waals surface area contributed by atoms with E-state index in [-0.39, 0.29) is 12.5 Å². The minimum Gasteiger partial charge on any atom is -0.469 e. The molecule has 0 unspecified atom stereocenters. The lowest BCUT2D eigenvalue weighted by atomic mass is 10.2. The molecule has 0 aromatic heterocycles. The third-order valence-electron chi connectivity index (χ3n) is 1.25. The van der Waals surface area contributed by atoms with Crippen LogP contribution in [0.2, 0.25) is 0 Å². The molecule has 0 spiro atoms. The highest BCUT2D eigenvalue weighted by Gasteiger charge is 2.09. The van der Waals surface area contributed by atoms with E-state index in [0.29, 0.717) is 0 Å². The maximum absolute atomic E-state index is 10.7. The molecular weight excluding hydrogens is 194 g/mol. The molecule has 0 bridgehead atoms. The third-order valence-corrected chi connectivity index (χ3v) is 1.91. The summed E-state index contributed by atoms with van der Waals surface area (Å²) in [5.74, 6) is -0.404. The topological polar surface area (TPSA) is 88.1 Å². The number of rotatable bonds is 4. The van der Waals surface area contributed by atoms with Gasteiger partial charge in [0, 0.05) is 11.7 Å². The van der Waals surface area contributed by atoms with Crippen molar-refractivity contribution >= 4 is 15.8 Å². The van der Waals surface area contributed by atoms with Gasteiger partial charge in [-0.2, -0.15) is 0 Å². The molecule has 0 aliphatic rings. The number of methoxy groups -OCH3 is 1. The number of hydrogen-bond donors (Lipinski definition) is 1. The van der Waals surface area contributed by atoms with Crippen LogP contribution >= 0.6 is 0 Å². The molecule has 0 aromatic carbocycles. The van der Waals surface area contributed by atoms with Gasteiger partial charge in [0.15, 0.2) is 9.84 Å².